The average Bonchev–Trinajstić information content (AvgIpc) is 2.58. The van der Waals surface area contributed by atoms with Crippen molar-refractivity contribution in [3.05, 3.63) is 24.2 Å². The Morgan fingerprint density at radius 2 is 2.42 bits per heavy atom. The number of hydrogen-bond donors (Lipinski definition) is 1. The molecular formula is C10H15NO. The zero-order valence-corrected chi connectivity index (χ0v) is 7.58. The van der Waals surface area contributed by atoms with Gasteiger partial charge in [0.1, 0.15) is 0 Å². The highest BCUT2D eigenvalue weighted by Crippen LogP contribution is 2.31. The lowest BCUT2D eigenvalue weighted by atomic mass is 10.2. The van der Waals surface area contributed by atoms with Gasteiger partial charge in [0, 0.05) is 17.6 Å². The number of furan rings is 1. The minimum Gasteiger partial charge on any atom is -0.472 e. The molecule has 66 valence electrons. The SMILES string of the molecule is CC(NC1CC1C)c1ccoc1. The summed E-state index contributed by atoms with van der Waals surface area (Å²) >= 11 is 0. The molecule has 1 aliphatic rings. The fourth-order valence-corrected chi connectivity index (χ4v) is 1.49. The van der Waals surface area contributed by atoms with Gasteiger partial charge in [-0.05, 0) is 25.3 Å². The zero-order valence-electron chi connectivity index (χ0n) is 7.58. The molecule has 1 saturated carbocycles. The summed E-state index contributed by atoms with van der Waals surface area (Å²) in [4.78, 5) is 0. The van der Waals surface area contributed by atoms with Crippen molar-refractivity contribution in [2.75, 3.05) is 0 Å². The van der Waals surface area contributed by atoms with Crippen molar-refractivity contribution in [2.45, 2.75) is 32.4 Å². The van der Waals surface area contributed by atoms with Crippen molar-refractivity contribution in [2.24, 2.45) is 5.92 Å². The Balaban J connectivity index is 1.89. The summed E-state index contributed by atoms with van der Waals surface area (Å²) < 4.78 is 5.02. The van der Waals surface area contributed by atoms with Gasteiger partial charge in [-0.1, -0.05) is 6.92 Å². The highest BCUT2D eigenvalue weighted by atomic mass is 16.3. The Hall–Kier alpha value is -0.760. The van der Waals surface area contributed by atoms with Crippen molar-refractivity contribution in [1.29, 1.82) is 0 Å². The lowest BCUT2D eigenvalue weighted by Crippen LogP contribution is -2.21. The molecule has 0 aromatic carbocycles. The van der Waals surface area contributed by atoms with Gasteiger partial charge >= 0.3 is 0 Å². The second kappa shape index (κ2) is 2.94. The molecule has 12 heavy (non-hydrogen) atoms. The maximum absolute atomic E-state index is 5.02. The lowest BCUT2D eigenvalue weighted by molar-refractivity contribution is 0.528. The van der Waals surface area contributed by atoms with Gasteiger partial charge in [0.05, 0.1) is 12.5 Å². The first-order valence-electron chi connectivity index (χ1n) is 4.55. The largest absolute Gasteiger partial charge is 0.472 e. The molecule has 1 heterocycles. The highest BCUT2D eigenvalue weighted by Gasteiger charge is 2.33. The second-order valence-electron chi connectivity index (χ2n) is 3.76. The molecule has 1 aromatic heterocycles. The normalized spacial score (nSPS) is 30.2. The van der Waals surface area contributed by atoms with E-state index in [1.165, 1.54) is 12.0 Å². The molecule has 0 aliphatic heterocycles. The Bertz CT molecular complexity index is 242. The van der Waals surface area contributed by atoms with Crippen LogP contribution in [-0.4, -0.2) is 6.04 Å². The Morgan fingerprint density at radius 3 is 2.92 bits per heavy atom. The molecule has 2 heteroatoms. The maximum Gasteiger partial charge on any atom is 0.0950 e. The molecule has 1 fully saturated rings. The zero-order chi connectivity index (χ0) is 8.55. The van der Waals surface area contributed by atoms with Crippen LogP contribution in [0.25, 0.3) is 0 Å². The summed E-state index contributed by atoms with van der Waals surface area (Å²) in [6, 6.07) is 3.18. The van der Waals surface area contributed by atoms with E-state index < -0.39 is 0 Å². The second-order valence-corrected chi connectivity index (χ2v) is 3.76. The molecule has 0 bridgehead atoms. The van der Waals surface area contributed by atoms with E-state index >= 15 is 0 Å². The van der Waals surface area contributed by atoms with Gasteiger partial charge in [-0.15, -0.1) is 0 Å². The van der Waals surface area contributed by atoms with Gasteiger partial charge in [-0.25, -0.2) is 0 Å². The monoisotopic (exact) mass is 165 g/mol. The summed E-state index contributed by atoms with van der Waals surface area (Å²) in [6.45, 7) is 4.45. The predicted molar refractivity (Wildman–Crippen MR) is 47.8 cm³/mol. The molecule has 0 saturated heterocycles. The van der Waals surface area contributed by atoms with E-state index in [2.05, 4.69) is 19.2 Å². The van der Waals surface area contributed by atoms with Crippen LogP contribution in [0.1, 0.15) is 31.9 Å². The fourth-order valence-electron chi connectivity index (χ4n) is 1.49. The van der Waals surface area contributed by atoms with Gasteiger partial charge in [0.2, 0.25) is 0 Å². The van der Waals surface area contributed by atoms with E-state index in [1.807, 2.05) is 12.3 Å². The molecule has 1 N–H and O–H groups in total. The fraction of sp³-hybridized carbons (Fsp3) is 0.600. The summed E-state index contributed by atoms with van der Waals surface area (Å²) in [5.41, 5.74) is 1.24. The maximum atomic E-state index is 5.02. The molecule has 0 spiro atoms. The average molecular weight is 165 g/mol. The van der Waals surface area contributed by atoms with Gasteiger partial charge in [-0.3, -0.25) is 0 Å². The molecule has 3 unspecified atom stereocenters. The Morgan fingerprint density at radius 1 is 1.67 bits per heavy atom. The Labute approximate surface area is 73.0 Å². The van der Waals surface area contributed by atoms with Crippen LogP contribution in [0.2, 0.25) is 0 Å². The van der Waals surface area contributed by atoms with Crippen LogP contribution in [0.5, 0.6) is 0 Å². The smallest absolute Gasteiger partial charge is 0.0950 e. The highest BCUT2D eigenvalue weighted by molar-refractivity contribution is 5.11. The Kier molecular flexibility index (Phi) is 1.93. The molecule has 1 aromatic rings. The van der Waals surface area contributed by atoms with Crippen LogP contribution in [0.15, 0.2) is 23.0 Å². The number of rotatable bonds is 3. The summed E-state index contributed by atoms with van der Waals surface area (Å²) in [7, 11) is 0. The lowest BCUT2D eigenvalue weighted by Gasteiger charge is -2.10. The first-order chi connectivity index (χ1) is 5.77. The van der Waals surface area contributed by atoms with Crippen LogP contribution in [0.3, 0.4) is 0 Å². The van der Waals surface area contributed by atoms with Crippen molar-refractivity contribution in [3.63, 3.8) is 0 Å². The molecule has 3 atom stereocenters. The van der Waals surface area contributed by atoms with Crippen molar-refractivity contribution >= 4 is 0 Å². The van der Waals surface area contributed by atoms with Crippen LogP contribution in [0.4, 0.5) is 0 Å². The van der Waals surface area contributed by atoms with Gasteiger partial charge in [-0.2, -0.15) is 0 Å². The molecular weight excluding hydrogens is 150 g/mol. The van der Waals surface area contributed by atoms with Crippen LogP contribution in [-0.2, 0) is 0 Å². The molecule has 1 aliphatic carbocycles. The van der Waals surface area contributed by atoms with Crippen molar-refractivity contribution in [3.8, 4) is 0 Å². The molecule has 0 amide bonds. The third kappa shape index (κ3) is 1.53. The van der Waals surface area contributed by atoms with Crippen molar-refractivity contribution in [1.82, 2.24) is 5.32 Å². The van der Waals surface area contributed by atoms with Crippen LogP contribution >= 0.6 is 0 Å². The minimum absolute atomic E-state index is 0.429. The molecule has 2 rings (SSSR count). The minimum atomic E-state index is 0.429. The van der Waals surface area contributed by atoms with E-state index in [1.54, 1.807) is 6.26 Å². The third-order valence-electron chi connectivity index (χ3n) is 2.62. The standard InChI is InChI=1S/C10H15NO/c1-7-5-10(7)11-8(2)9-3-4-12-6-9/h3-4,6-8,10-11H,5H2,1-2H3. The van der Waals surface area contributed by atoms with Gasteiger partial charge < -0.3 is 9.73 Å². The van der Waals surface area contributed by atoms with Crippen molar-refractivity contribution < 1.29 is 4.42 Å². The predicted octanol–water partition coefficient (Wildman–Crippen LogP) is 2.34. The summed E-state index contributed by atoms with van der Waals surface area (Å²) in [6.07, 6.45) is 4.86. The van der Waals surface area contributed by atoms with Gasteiger partial charge in [0.25, 0.3) is 0 Å². The third-order valence-corrected chi connectivity index (χ3v) is 2.62. The first-order valence-corrected chi connectivity index (χ1v) is 4.55. The summed E-state index contributed by atoms with van der Waals surface area (Å²) in [5, 5.41) is 3.55. The first kappa shape index (κ1) is 7.87. The van der Waals surface area contributed by atoms with E-state index in [0.29, 0.717) is 6.04 Å². The molecule has 0 radical (unpaired) electrons. The summed E-state index contributed by atoms with van der Waals surface area (Å²) in [5.74, 6) is 0.861. The topological polar surface area (TPSA) is 25.2 Å². The van der Waals surface area contributed by atoms with Gasteiger partial charge in [0.15, 0.2) is 0 Å². The van der Waals surface area contributed by atoms with E-state index in [-0.39, 0.29) is 0 Å². The van der Waals surface area contributed by atoms with E-state index in [9.17, 15) is 0 Å². The molecule has 2 nitrogen and oxygen atoms in total. The van der Waals surface area contributed by atoms with Crippen LogP contribution < -0.4 is 5.32 Å². The number of hydrogen-bond acceptors (Lipinski definition) is 2. The van der Waals surface area contributed by atoms with Crippen LogP contribution in [0, 0.1) is 5.92 Å². The van der Waals surface area contributed by atoms with E-state index in [0.717, 1.165) is 12.0 Å². The van der Waals surface area contributed by atoms with E-state index in [4.69, 9.17) is 4.42 Å². The quantitative estimate of drug-likeness (QED) is 0.743. The number of nitrogens with one attached hydrogen (secondary N) is 1.